The van der Waals surface area contributed by atoms with Crippen molar-refractivity contribution >= 4 is 11.6 Å². The molecule has 2 rings (SSSR count). The number of para-hydroxylation sites is 2. The highest BCUT2D eigenvalue weighted by atomic mass is 16.5. The van der Waals surface area contributed by atoms with E-state index in [9.17, 15) is 4.79 Å². The van der Waals surface area contributed by atoms with E-state index in [2.05, 4.69) is 16.3 Å². The first kappa shape index (κ1) is 13.7. The van der Waals surface area contributed by atoms with Crippen LogP contribution in [-0.2, 0) is 4.79 Å². The molecule has 1 saturated heterocycles. The highest BCUT2D eigenvalue weighted by Gasteiger charge is 2.21. The number of hydrogen-bond acceptors (Lipinski definition) is 4. The van der Waals surface area contributed by atoms with Crippen LogP contribution >= 0.6 is 0 Å². The number of methoxy groups -OCH3 is 1. The van der Waals surface area contributed by atoms with Gasteiger partial charge in [0.2, 0.25) is 5.91 Å². The third-order valence-electron chi connectivity index (χ3n) is 3.49. The number of primary amides is 1. The molecule has 1 fully saturated rings. The Labute approximate surface area is 113 Å². The molecule has 0 unspecified atom stereocenters. The van der Waals surface area contributed by atoms with Crippen LogP contribution in [0.2, 0.25) is 0 Å². The number of rotatable bonds is 5. The summed E-state index contributed by atoms with van der Waals surface area (Å²) in [6, 6.07) is 8.43. The van der Waals surface area contributed by atoms with Crippen molar-refractivity contribution < 1.29 is 9.53 Å². The molecule has 0 atom stereocenters. The van der Waals surface area contributed by atoms with Gasteiger partial charge in [0.15, 0.2) is 0 Å². The van der Waals surface area contributed by atoms with Gasteiger partial charge in [0.05, 0.1) is 19.3 Å². The lowest BCUT2D eigenvalue weighted by Crippen LogP contribution is -2.45. The molecule has 5 heteroatoms. The summed E-state index contributed by atoms with van der Waals surface area (Å²) in [4.78, 5) is 13.1. The number of nitrogens with zero attached hydrogens (tertiary/aromatic N) is 1. The van der Waals surface area contributed by atoms with Gasteiger partial charge in [-0.15, -0.1) is 0 Å². The Morgan fingerprint density at radius 2 is 2.11 bits per heavy atom. The second-order valence-corrected chi connectivity index (χ2v) is 4.78. The second-order valence-electron chi connectivity index (χ2n) is 4.78. The van der Waals surface area contributed by atoms with Crippen LogP contribution in [-0.4, -0.2) is 38.7 Å². The summed E-state index contributed by atoms with van der Waals surface area (Å²) in [7, 11) is 1.69. The maximum Gasteiger partial charge on any atom is 0.231 e. The zero-order valence-electron chi connectivity index (χ0n) is 11.3. The van der Waals surface area contributed by atoms with Crippen LogP contribution in [0.15, 0.2) is 24.3 Å². The highest BCUT2D eigenvalue weighted by molar-refractivity contribution is 5.75. The topological polar surface area (TPSA) is 67.6 Å². The first-order valence-corrected chi connectivity index (χ1v) is 6.60. The van der Waals surface area contributed by atoms with Crippen LogP contribution in [0.3, 0.4) is 0 Å². The summed E-state index contributed by atoms with van der Waals surface area (Å²) in [5.74, 6) is 0.609. The standard InChI is InChI=1S/C14H21N3O2/c1-19-13-5-3-2-4-12(13)17-8-6-11(7-9-17)16-10-14(15)18/h2-5,11,16H,6-10H2,1H3,(H2,15,18). The van der Waals surface area contributed by atoms with Crippen LogP contribution < -0.4 is 20.7 Å². The number of nitrogens with one attached hydrogen (secondary N) is 1. The Morgan fingerprint density at radius 3 is 2.74 bits per heavy atom. The van der Waals surface area contributed by atoms with Crippen molar-refractivity contribution in [3.05, 3.63) is 24.3 Å². The van der Waals surface area contributed by atoms with Gasteiger partial charge in [-0.1, -0.05) is 12.1 Å². The third-order valence-corrected chi connectivity index (χ3v) is 3.49. The van der Waals surface area contributed by atoms with Gasteiger partial charge in [-0.2, -0.15) is 0 Å². The molecule has 0 aliphatic carbocycles. The minimum Gasteiger partial charge on any atom is -0.495 e. The van der Waals surface area contributed by atoms with Crippen molar-refractivity contribution in [1.29, 1.82) is 0 Å². The number of anilines is 1. The minimum absolute atomic E-state index is 0.263. The lowest BCUT2D eigenvalue weighted by atomic mass is 10.0. The van der Waals surface area contributed by atoms with E-state index in [-0.39, 0.29) is 12.5 Å². The van der Waals surface area contributed by atoms with E-state index in [1.54, 1.807) is 7.11 Å². The smallest absolute Gasteiger partial charge is 0.231 e. The molecule has 0 spiro atoms. The molecule has 0 saturated carbocycles. The monoisotopic (exact) mass is 263 g/mol. The van der Waals surface area contributed by atoms with Gasteiger partial charge in [0.1, 0.15) is 5.75 Å². The summed E-state index contributed by atoms with van der Waals surface area (Å²) < 4.78 is 5.39. The van der Waals surface area contributed by atoms with Crippen LogP contribution in [0, 0.1) is 0 Å². The Morgan fingerprint density at radius 1 is 1.42 bits per heavy atom. The largest absolute Gasteiger partial charge is 0.495 e. The number of hydrogen-bond donors (Lipinski definition) is 2. The molecule has 104 valence electrons. The molecule has 3 N–H and O–H groups in total. The minimum atomic E-state index is -0.299. The Bertz CT molecular complexity index is 428. The number of piperidine rings is 1. The van der Waals surface area contributed by atoms with Gasteiger partial charge >= 0.3 is 0 Å². The molecule has 1 heterocycles. The number of amides is 1. The van der Waals surface area contributed by atoms with E-state index in [4.69, 9.17) is 10.5 Å². The fourth-order valence-corrected chi connectivity index (χ4v) is 2.46. The number of nitrogens with two attached hydrogens (primary N) is 1. The van der Waals surface area contributed by atoms with E-state index < -0.39 is 0 Å². The Balaban J connectivity index is 1.90. The van der Waals surface area contributed by atoms with Crippen molar-refractivity contribution in [3.63, 3.8) is 0 Å². The highest BCUT2D eigenvalue weighted by Crippen LogP contribution is 2.29. The third kappa shape index (κ3) is 3.61. The quantitative estimate of drug-likeness (QED) is 0.822. The molecule has 19 heavy (non-hydrogen) atoms. The number of carbonyl (C=O) groups is 1. The van der Waals surface area contributed by atoms with E-state index in [0.717, 1.165) is 37.4 Å². The van der Waals surface area contributed by atoms with Crippen molar-refractivity contribution in [2.24, 2.45) is 5.73 Å². The average molecular weight is 263 g/mol. The summed E-state index contributed by atoms with van der Waals surface area (Å²) in [6.07, 6.45) is 2.01. The lowest BCUT2D eigenvalue weighted by Gasteiger charge is -2.34. The van der Waals surface area contributed by atoms with Gasteiger partial charge in [-0.3, -0.25) is 4.79 Å². The van der Waals surface area contributed by atoms with Crippen molar-refractivity contribution in [3.8, 4) is 5.75 Å². The molecule has 1 aromatic carbocycles. The Hall–Kier alpha value is -1.75. The molecular weight excluding hydrogens is 242 g/mol. The summed E-state index contributed by atoms with van der Waals surface area (Å²) in [5, 5.41) is 3.19. The van der Waals surface area contributed by atoms with E-state index in [0.29, 0.717) is 6.04 Å². The van der Waals surface area contributed by atoms with Crippen molar-refractivity contribution in [2.45, 2.75) is 18.9 Å². The van der Waals surface area contributed by atoms with Crippen molar-refractivity contribution in [1.82, 2.24) is 5.32 Å². The molecule has 1 aliphatic heterocycles. The molecular formula is C14H21N3O2. The van der Waals surface area contributed by atoms with E-state index in [1.807, 2.05) is 18.2 Å². The molecule has 0 radical (unpaired) electrons. The fourth-order valence-electron chi connectivity index (χ4n) is 2.46. The van der Waals surface area contributed by atoms with Gasteiger partial charge < -0.3 is 20.7 Å². The first-order chi connectivity index (χ1) is 9.20. The van der Waals surface area contributed by atoms with Crippen molar-refractivity contribution in [2.75, 3.05) is 31.6 Å². The summed E-state index contributed by atoms with van der Waals surface area (Å²) >= 11 is 0. The zero-order chi connectivity index (χ0) is 13.7. The molecule has 1 aliphatic rings. The summed E-state index contributed by atoms with van der Waals surface area (Å²) in [6.45, 7) is 2.17. The number of carbonyl (C=O) groups excluding carboxylic acids is 1. The van der Waals surface area contributed by atoms with Crippen LogP contribution in [0.25, 0.3) is 0 Å². The molecule has 5 nitrogen and oxygen atoms in total. The molecule has 0 bridgehead atoms. The first-order valence-electron chi connectivity index (χ1n) is 6.60. The van der Waals surface area contributed by atoms with Gasteiger partial charge in [0, 0.05) is 19.1 Å². The molecule has 0 aromatic heterocycles. The number of benzene rings is 1. The van der Waals surface area contributed by atoms with Crippen LogP contribution in [0.1, 0.15) is 12.8 Å². The summed E-state index contributed by atoms with van der Waals surface area (Å²) in [5.41, 5.74) is 6.27. The maximum atomic E-state index is 10.7. The maximum absolute atomic E-state index is 10.7. The fraction of sp³-hybridized carbons (Fsp3) is 0.500. The second kappa shape index (κ2) is 6.43. The van der Waals surface area contributed by atoms with E-state index in [1.165, 1.54) is 0 Å². The van der Waals surface area contributed by atoms with Crippen LogP contribution in [0.4, 0.5) is 5.69 Å². The predicted octanol–water partition coefficient (Wildman–Crippen LogP) is 0.739. The zero-order valence-corrected chi connectivity index (χ0v) is 11.3. The Kier molecular flexibility index (Phi) is 4.63. The van der Waals surface area contributed by atoms with Crippen LogP contribution in [0.5, 0.6) is 5.75 Å². The van der Waals surface area contributed by atoms with Gasteiger partial charge in [0.25, 0.3) is 0 Å². The van der Waals surface area contributed by atoms with Gasteiger partial charge in [-0.25, -0.2) is 0 Å². The predicted molar refractivity (Wildman–Crippen MR) is 75.4 cm³/mol. The lowest BCUT2D eigenvalue weighted by molar-refractivity contribution is -0.117. The SMILES string of the molecule is COc1ccccc1N1CCC(NCC(N)=O)CC1. The van der Waals surface area contributed by atoms with Gasteiger partial charge in [-0.05, 0) is 25.0 Å². The molecule has 1 amide bonds. The molecule has 1 aromatic rings. The normalized spacial score (nSPS) is 16.4. The van der Waals surface area contributed by atoms with E-state index >= 15 is 0 Å². The average Bonchev–Trinajstić information content (AvgIpc) is 2.45. The number of ether oxygens (including phenoxy) is 1.